The second kappa shape index (κ2) is 9.00. The summed E-state index contributed by atoms with van der Waals surface area (Å²) in [5.74, 6) is -0.157. The maximum absolute atomic E-state index is 11.3. The molecule has 0 unspecified atom stereocenters. The Bertz CT molecular complexity index is 178. The second-order valence-electron chi connectivity index (χ2n) is 3.55. The summed E-state index contributed by atoms with van der Waals surface area (Å²) >= 11 is 0. The minimum atomic E-state index is -0.627. The molecule has 0 aliphatic heterocycles. The van der Waals surface area contributed by atoms with Crippen molar-refractivity contribution in [3.8, 4) is 0 Å². The molecule has 0 aromatic carbocycles. The largest absolute Gasteiger partial charge is 0.522 e. The van der Waals surface area contributed by atoms with Crippen LogP contribution in [-0.2, 0) is 9.22 Å². The molecule has 0 saturated heterocycles. The summed E-state index contributed by atoms with van der Waals surface area (Å²) in [6.45, 7) is 7.92. The first kappa shape index (κ1) is 13.4. The van der Waals surface area contributed by atoms with Gasteiger partial charge in [-0.2, -0.15) is 0 Å². The van der Waals surface area contributed by atoms with Crippen LogP contribution in [0.4, 0.5) is 0 Å². The van der Waals surface area contributed by atoms with E-state index in [1.54, 1.807) is 0 Å². The Morgan fingerprint density at radius 2 is 2.00 bits per heavy atom. The molecule has 0 fully saturated rings. The Kier molecular flexibility index (Phi) is 8.63. The highest BCUT2D eigenvalue weighted by Crippen LogP contribution is 2.05. The van der Waals surface area contributed by atoms with Gasteiger partial charge in [-0.15, -0.1) is 0 Å². The van der Waals surface area contributed by atoms with E-state index in [9.17, 15) is 4.79 Å². The molecule has 2 nitrogen and oxygen atoms in total. The van der Waals surface area contributed by atoms with Crippen molar-refractivity contribution in [2.75, 3.05) is 0 Å². The minimum Gasteiger partial charge on any atom is -0.522 e. The van der Waals surface area contributed by atoms with E-state index in [1.807, 2.05) is 6.92 Å². The van der Waals surface area contributed by atoms with E-state index >= 15 is 0 Å². The van der Waals surface area contributed by atoms with E-state index in [2.05, 4.69) is 13.5 Å². The number of rotatable bonds is 8. The van der Waals surface area contributed by atoms with Gasteiger partial charge in [-0.25, -0.2) is 4.79 Å². The Morgan fingerprint density at radius 3 is 2.57 bits per heavy atom. The van der Waals surface area contributed by atoms with Crippen molar-refractivity contribution < 1.29 is 9.22 Å². The maximum atomic E-state index is 11.3. The van der Waals surface area contributed by atoms with Crippen LogP contribution < -0.4 is 0 Å². The number of hydrogen-bond donors (Lipinski definition) is 0. The summed E-state index contributed by atoms with van der Waals surface area (Å²) in [6, 6.07) is 1.11. The molecular weight excluding hydrogens is 192 g/mol. The lowest BCUT2D eigenvalue weighted by molar-refractivity contribution is -0.130. The highest BCUT2D eigenvalue weighted by Gasteiger charge is 2.06. The lowest BCUT2D eigenvalue weighted by Gasteiger charge is -2.05. The summed E-state index contributed by atoms with van der Waals surface area (Å²) in [7, 11) is -0.627. The molecule has 0 heterocycles. The predicted molar refractivity (Wildman–Crippen MR) is 63.0 cm³/mol. The van der Waals surface area contributed by atoms with Gasteiger partial charge in [0, 0.05) is 5.57 Å². The average Bonchev–Trinajstić information content (AvgIpc) is 2.17. The van der Waals surface area contributed by atoms with Crippen LogP contribution in [0.2, 0.25) is 6.04 Å². The summed E-state index contributed by atoms with van der Waals surface area (Å²) in [4.78, 5) is 11.3. The van der Waals surface area contributed by atoms with E-state index in [-0.39, 0.29) is 5.97 Å². The Morgan fingerprint density at radius 1 is 1.29 bits per heavy atom. The molecule has 0 bridgehead atoms. The highest BCUT2D eigenvalue weighted by molar-refractivity contribution is 6.31. The van der Waals surface area contributed by atoms with Crippen molar-refractivity contribution in [3.05, 3.63) is 12.2 Å². The molecule has 0 aliphatic rings. The molecule has 0 aromatic heterocycles. The summed E-state index contributed by atoms with van der Waals surface area (Å²) in [5.41, 5.74) is 0.635. The average molecular weight is 214 g/mol. The molecule has 82 valence electrons. The van der Waals surface area contributed by atoms with Crippen molar-refractivity contribution in [2.24, 2.45) is 0 Å². The highest BCUT2D eigenvalue weighted by atomic mass is 28.2. The number of carbonyl (C=O) groups is 1. The van der Waals surface area contributed by atoms with Crippen LogP contribution >= 0.6 is 0 Å². The molecule has 0 amide bonds. The van der Waals surface area contributed by atoms with Gasteiger partial charge in [0.25, 0.3) is 0 Å². The lowest BCUT2D eigenvalue weighted by Crippen LogP contribution is -2.10. The van der Waals surface area contributed by atoms with E-state index in [4.69, 9.17) is 4.43 Å². The maximum Gasteiger partial charge on any atom is 0.319 e. The summed E-state index contributed by atoms with van der Waals surface area (Å²) in [6.07, 6.45) is 5.41. The van der Waals surface area contributed by atoms with Crippen molar-refractivity contribution in [1.29, 1.82) is 0 Å². The van der Waals surface area contributed by atoms with Crippen molar-refractivity contribution in [3.63, 3.8) is 0 Å². The Balaban J connectivity index is 3.39. The van der Waals surface area contributed by atoms with E-state index in [0.717, 1.165) is 18.9 Å². The topological polar surface area (TPSA) is 26.3 Å². The van der Waals surface area contributed by atoms with Crippen molar-refractivity contribution in [2.45, 2.75) is 52.0 Å². The van der Waals surface area contributed by atoms with Crippen molar-refractivity contribution >= 4 is 15.7 Å². The predicted octanol–water partition coefficient (Wildman–Crippen LogP) is 2.58. The Labute approximate surface area is 89.7 Å². The van der Waals surface area contributed by atoms with E-state index in [0.29, 0.717) is 5.57 Å². The first-order chi connectivity index (χ1) is 6.72. The molecule has 3 heteroatoms. The van der Waals surface area contributed by atoms with Crippen LogP contribution in [0.1, 0.15) is 46.0 Å². The Hall–Kier alpha value is -0.573. The molecule has 0 aliphatic carbocycles. The molecule has 0 aromatic rings. The van der Waals surface area contributed by atoms with Gasteiger partial charge in [0.1, 0.15) is 0 Å². The molecule has 0 N–H and O–H groups in total. The van der Waals surface area contributed by atoms with Gasteiger partial charge >= 0.3 is 5.97 Å². The molecule has 0 atom stereocenters. The van der Waals surface area contributed by atoms with Gasteiger partial charge in [-0.1, -0.05) is 46.1 Å². The fraction of sp³-hybridized carbons (Fsp3) is 0.727. The quantitative estimate of drug-likeness (QED) is 0.353. The van der Waals surface area contributed by atoms with Gasteiger partial charge in [-0.05, 0) is 12.5 Å². The van der Waals surface area contributed by atoms with E-state index in [1.165, 1.54) is 19.3 Å². The number of hydrogen-bond acceptors (Lipinski definition) is 2. The van der Waals surface area contributed by atoms with Gasteiger partial charge < -0.3 is 4.43 Å². The standard InChI is InChI=1S/C11H22O2Si/c1-4-6-7-9-14-13-11(12)10(3)8-5-2/h3-9,14H2,1-2H3. The second-order valence-corrected chi connectivity index (χ2v) is 4.95. The first-order valence-electron chi connectivity index (χ1n) is 5.57. The van der Waals surface area contributed by atoms with Gasteiger partial charge in [0.2, 0.25) is 9.76 Å². The zero-order chi connectivity index (χ0) is 10.8. The SMILES string of the molecule is C=C(CCC)C(=O)O[SiH2]CCCCC. The van der Waals surface area contributed by atoms with Crippen LogP contribution in [-0.4, -0.2) is 15.7 Å². The third-order valence-corrected chi connectivity index (χ3v) is 3.33. The lowest BCUT2D eigenvalue weighted by atomic mass is 10.2. The smallest absolute Gasteiger partial charge is 0.319 e. The number of carbonyl (C=O) groups excluding carboxylic acids is 1. The zero-order valence-corrected chi connectivity index (χ0v) is 10.9. The van der Waals surface area contributed by atoms with Gasteiger partial charge in [0.15, 0.2) is 0 Å². The monoisotopic (exact) mass is 214 g/mol. The van der Waals surface area contributed by atoms with Gasteiger partial charge in [-0.3, -0.25) is 0 Å². The summed E-state index contributed by atoms with van der Waals surface area (Å²) in [5, 5.41) is 0. The molecule has 14 heavy (non-hydrogen) atoms. The summed E-state index contributed by atoms with van der Waals surface area (Å²) < 4.78 is 5.20. The van der Waals surface area contributed by atoms with Crippen LogP contribution in [0.25, 0.3) is 0 Å². The van der Waals surface area contributed by atoms with Crippen LogP contribution in [0, 0.1) is 0 Å². The molecular formula is C11H22O2Si. The molecule has 0 saturated carbocycles. The zero-order valence-electron chi connectivity index (χ0n) is 9.47. The third-order valence-electron chi connectivity index (χ3n) is 2.07. The third kappa shape index (κ3) is 6.89. The van der Waals surface area contributed by atoms with Crippen LogP contribution in [0.15, 0.2) is 12.2 Å². The number of unbranched alkanes of at least 4 members (excludes halogenated alkanes) is 2. The molecule has 0 spiro atoms. The minimum absolute atomic E-state index is 0.157. The fourth-order valence-corrected chi connectivity index (χ4v) is 2.29. The van der Waals surface area contributed by atoms with E-state index < -0.39 is 9.76 Å². The molecule has 0 rings (SSSR count). The normalized spacial score (nSPS) is 10.7. The van der Waals surface area contributed by atoms with Crippen LogP contribution in [0.3, 0.4) is 0 Å². The van der Waals surface area contributed by atoms with Gasteiger partial charge in [0.05, 0.1) is 0 Å². The van der Waals surface area contributed by atoms with Crippen LogP contribution in [0.5, 0.6) is 0 Å². The fourth-order valence-electron chi connectivity index (χ4n) is 1.20. The first-order valence-corrected chi connectivity index (χ1v) is 7.15. The van der Waals surface area contributed by atoms with Crippen molar-refractivity contribution in [1.82, 2.24) is 0 Å². The molecule has 0 radical (unpaired) electrons.